The third kappa shape index (κ3) is 19.0. The molecule has 0 rings (SSSR count). The fourth-order valence-electron chi connectivity index (χ4n) is 2.47. The molecule has 0 saturated heterocycles. The molecule has 122 valence electrons. The Morgan fingerprint density at radius 2 is 1.19 bits per heavy atom. The van der Waals surface area contributed by atoms with Crippen LogP contribution in [0, 0.1) is 0 Å². The topological polar surface area (TPSA) is 48.8 Å². The van der Waals surface area contributed by atoms with Gasteiger partial charge in [-0.3, -0.25) is 0 Å². The summed E-state index contributed by atoms with van der Waals surface area (Å²) < 4.78 is 0. The van der Waals surface area contributed by atoms with E-state index in [1.807, 2.05) is 0 Å². The summed E-state index contributed by atoms with van der Waals surface area (Å²) in [5.41, 5.74) is 8.14. The fourth-order valence-corrected chi connectivity index (χ4v) is 2.47. The molecule has 0 aliphatic rings. The minimum atomic E-state index is 0.664. The van der Waals surface area contributed by atoms with Gasteiger partial charge in [-0.1, -0.05) is 82.0 Å². The van der Waals surface area contributed by atoms with Gasteiger partial charge in [-0.15, -0.1) is 0 Å². The first-order valence-electron chi connectivity index (χ1n) is 9.07. The maximum Gasteiger partial charge on any atom is 0.0257 e. The molecule has 0 spiro atoms. The highest BCUT2D eigenvalue weighted by atomic mass is 15.1. The Bertz CT molecular complexity index is 268. The van der Waals surface area contributed by atoms with E-state index < -0.39 is 0 Å². The van der Waals surface area contributed by atoms with Crippen LogP contribution in [0.4, 0.5) is 0 Å². The van der Waals surface area contributed by atoms with E-state index in [4.69, 9.17) is 5.53 Å². The molecule has 0 radical (unpaired) electrons. The first-order valence-corrected chi connectivity index (χ1v) is 9.07. The van der Waals surface area contributed by atoms with Crippen LogP contribution in [0.5, 0.6) is 0 Å². The summed E-state index contributed by atoms with van der Waals surface area (Å²) in [4.78, 5) is 2.76. The van der Waals surface area contributed by atoms with Crippen molar-refractivity contribution in [2.75, 3.05) is 6.54 Å². The van der Waals surface area contributed by atoms with E-state index >= 15 is 0 Å². The molecule has 0 saturated carbocycles. The first-order chi connectivity index (χ1) is 10.4. The van der Waals surface area contributed by atoms with Gasteiger partial charge in [0, 0.05) is 11.5 Å². The van der Waals surface area contributed by atoms with Gasteiger partial charge in [-0.2, -0.15) is 0 Å². The molecule has 0 N–H and O–H groups in total. The Balaban J connectivity index is 3.06. The lowest BCUT2D eigenvalue weighted by molar-refractivity contribution is 0.599. The summed E-state index contributed by atoms with van der Waals surface area (Å²) in [7, 11) is 0. The Labute approximate surface area is 131 Å². The fraction of sp³-hybridized carbons (Fsp3) is 0.889. The number of nitrogens with zero attached hydrogens (tertiary/aromatic N) is 3. The number of unbranched alkanes of at least 4 members (excludes halogenated alkanes) is 12. The minimum absolute atomic E-state index is 0.664. The minimum Gasteiger partial charge on any atom is -0.0940 e. The molecular weight excluding hydrogens is 258 g/mol. The number of azide groups is 1. The summed E-state index contributed by atoms with van der Waals surface area (Å²) in [6.07, 6.45) is 23.1. The van der Waals surface area contributed by atoms with Crippen LogP contribution in [0.3, 0.4) is 0 Å². The summed E-state index contributed by atoms with van der Waals surface area (Å²) in [6.45, 7) is 2.93. The lowest BCUT2D eigenvalue weighted by Crippen LogP contribution is -1.82. The third-order valence-corrected chi connectivity index (χ3v) is 3.83. The monoisotopic (exact) mass is 293 g/mol. The standard InChI is InChI=1S/C18H35N3/c1-2-3-4-5-6-7-8-9-10-11-12-13-14-15-16-17-18-20-21-19/h9-10H,2-8,11-18H2,1H3. The largest absolute Gasteiger partial charge is 0.0940 e. The number of rotatable bonds is 16. The van der Waals surface area contributed by atoms with E-state index in [0.29, 0.717) is 6.54 Å². The van der Waals surface area contributed by atoms with E-state index in [-0.39, 0.29) is 0 Å². The van der Waals surface area contributed by atoms with Crippen molar-refractivity contribution in [1.29, 1.82) is 0 Å². The van der Waals surface area contributed by atoms with Gasteiger partial charge in [0.1, 0.15) is 0 Å². The van der Waals surface area contributed by atoms with Gasteiger partial charge in [-0.05, 0) is 37.6 Å². The second kappa shape index (κ2) is 19.1. The molecule has 0 bridgehead atoms. The maximum absolute atomic E-state index is 8.14. The van der Waals surface area contributed by atoms with Crippen LogP contribution in [0.2, 0.25) is 0 Å². The van der Waals surface area contributed by atoms with Crippen LogP contribution in [-0.4, -0.2) is 6.54 Å². The molecule has 0 aromatic rings. The Hall–Kier alpha value is -0.950. The predicted octanol–water partition coefficient (Wildman–Crippen LogP) is 7.33. The van der Waals surface area contributed by atoms with E-state index in [1.54, 1.807) is 0 Å². The highest BCUT2D eigenvalue weighted by Crippen LogP contribution is 2.09. The van der Waals surface area contributed by atoms with Crippen molar-refractivity contribution >= 4 is 0 Å². The summed E-state index contributed by atoms with van der Waals surface area (Å²) >= 11 is 0. The quantitative estimate of drug-likeness (QED) is 0.0939. The van der Waals surface area contributed by atoms with Crippen molar-refractivity contribution in [2.24, 2.45) is 5.11 Å². The molecule has 0 atom stereocenters. The van der Waals surface area contributed by atoms with Gasteiger partial charge in [0.05, 0.1) is 0 Å². The Kier molecular flexibility index (Phi) is 18.2. The van der Waals surface area contributed by atoms with Crippen molar-refractivity contribution in [3.63, 3.8) is 0 Å². The zero-order valence-electron chi connectivity index (χ0n) is 14.1. The second-order valence-corrected chi connectivity index (χ2v) is 5.89. The summed E-state index contributed by atoms with van der Waals surface area (Å²) in [5.74, 6) is 0. The molecule has 0 unspecified atom stereocenters. The molecule has 3 nitrogen and oxygen atoms in total. The zero-order chi connectivity index (χ0) is 15.4. The van der Waals surface area contributed by atoms with Crippen LogP contribution < -0.4 is 0 Å². The number of allylic oxidation sites excluding steroid dienone is 2. The predicted molar refractivity (Wildman–Crippen MR) is 93.5 cm³/mol. The highest BCUT2D eigenvalue weighted by molar-refractivity contribution is 4.81. The normalized spacial score (nSPS) is 10.9. The molecular formula is C18H35N3. The average molecular weight is 293 g/mol. The average Bonchev–Trinajstić information content (AvgIpc) is 2.50. The van der Waals surface area contributed by atoms with Gasteiger partial charge in [0.15, 0.2) is 0 Å². The third-order valence-electron chi connectivity index (χ3n) is 3.83. The van der Waals surface area contributed by atoms with Crippen LogP contribution in [0.1, 0.15) is 96.8 Å². The molecule has 0 fully saturated rings. The summed E-state index contributed by atoms with van der Waals surface area (Å²) in [6, 6.07) is 0. The number of hydrogen-bond donors (Lipinski definition) is 0. The van der Waals surface area contributed by atoms with Crippen LogP contribution >= 0.6 is 0 Å². The van der Waals surface area contributed by atoms with Crippen molar-refractivity contribution in [3.05, 3.63) is 22.6 Å². The van der Waals surface area contributed by atoms with Gasteiger partial charge < -0.3 is 0 Å². The lowest BCUT2D eigenvalue weighted by Gasteiger charge is -1.99. The van der Waals surface area contributed by atoms with Gasteiger partial charge in [0.25, 0.3) is 0 Å². The van der Waals surface area contributed by atoms with E-state index in [0.717, 1.165) is 6.42 Å². The van der Waals surface area contributed by atoms with Crippen LogP contribution in [-0.2, 0) is 0 Å². The molecule has 0 aliphatic carbocycles. The van der Waals surface area contributed by atoms with Crippen molar-refractivity contribution < 1.29 is 0 Å². The van der Waals surface area contributed by atoms with Crippen LogP contribution in [0.15, 0.2) is 17.3 Å². The van der Waals surface area contributed by atoms with Crippen molar-refractivity contribution in [2.45, 2.75) is 96.8 Å². The van der Waals surface area contributed by atoms with Crippen molar-refractivity contribution in [1.82, 2.24) is 0 Å². The van der Waals surface area contributed by atoms with Gasteiger partial charge >= 0.3 is 0 Å². The van der Waals surface area contributed by atoms with E-state index in [9.17, 15) is 0 Å². The molecule has 0 aromatic carbocycles. The smallest absolute Gasteiger partial charge is 0.0257 e. The van der Waals surface area contributed by atoms with E-state index in [1.165, 1.54) is 83.5 Å². The van der Waals surface area contributed by atoms with Crippen molar-refractivity contribution in [3.8, 4) is 0 Å². The summed E-state index contributed by atoms with van der Waals surface area (Å²) in [5, 5.41) is 3.55. The lowest BCUT2D eigenvalue weighted by atomic mass is 10.1. The second-order valence-electron chi connectivity index (χ2n) is 5.89. The first kappa shape index (κ1) is 20.1. The van der Waals surface area contributed by atoms with Crippen LogP contribution in [0.25, 0.3) is 10.4 Å². The molecule has 0 amide bonds. The maximum atomic E-state index is 8.14. The number of hydrogen-bond acceptors (Lipinski definition) is 1. The zero-order valence-corrected chi connectivity index (χ0v) is 14.1. The Morgan fingerprint density at radius 3 is 1.71 bits per heavy atom. The molecule has 0 heterocycles. The molecule has 3 heteroatoms. The molecule has 0 aliphatic heterocycles. The van der Waals surface area contributed by atoms with E-state index in [2.05, 4.69) is 29.1 Å². The Morgan fingerprint density at radius 1 is 0.714 bits per heavy atom. The molecule has 0 aromatic heterocycles. The highest BCUT2D eigenvalue weighted by Gasteiger charge is 1.91. The molecule has 21 heavy (non-hydrogen) atoms. The van der Waals surface area contributed by atoms with Gasteiger partial charge in [-0.25, -0.2) is 0 Å². The van der Waals surface area contributed by atoms with Gasteiger partial charge in [0.2, 0.25) is 0 Å². The SMILES string of the molecule is CCCCCCCCC=CCCCCCCCCN=[N+]=[N-].